The van der Waals surface area contributed by atoms with E-state index in [0.29, 0.717) is 53.3 Å². The zero-order valence-corrected chi connectivity index (χ0v) is 49.7. The second-order valence-electron chi connectivity index (χ2n) is 16.5. The van der Waals surface area contributed by atoms with Crippen LogP contribution in [0.4, 0.5) is 8.78 Å². The van der Waals surface area contributed by atoms with Gasteiger partial charge in [0, 0.05) is 46.2 Å². The predicted octanol–water partition coefficient (Wildman–Crippen LogP) is 14.4. The summed E-state index contributed by atoms with van der Waals surface area (Å²) in [7, 11) is 0. The van der Waals surface area contributed by atoms with E-state index in [9.17, 15) is 19.3 Å². The van der Waals surface area contributed by atoms with Gasteiger partial charge in [-0.3, -0.25) is 9.36 Å². The Balaban J connectivity index is 0.000000235. The summed E-state index contributed by atoms with van der Waals surface area (Å²) < 4.78 is 53.7. The number of nitrogens with zero attached hydrogens (tertiary/aromatic N) is 10. The van der Waals surface area contributed by atoms with Gasteiger partial charge in [-0.05, 0) is 112 Å². The van der Waals surface area contributed by atoms with E-state index >= 15 is 0 Å². The molecule has 6 rings (SSSR count). The number of aromatic nitrogens is 8. The summed E-state index contributed by atoms with van der Waals surface area (Å²) in [6, 6.07) is 13.2. The van der Waals surface area contributed by atoms with E-state index < -0.39 is 24.2 Å². The van der Waals surface area contributed by atoms with Crippen molar-refractivity contribution in [1.82, 2.24) is 39.1 Å². The van der Waals surface area contributed by atoms with Gasteiger partial charge < -0.3 is 4.74 Å². The molecular formula is C52H65Br2F2IN10O2Sn. The zero-order valence-electron chi connectivity index (χ0n) is 41.5. The SMILES string of the molecule is C=C(OCC)c1cc(F)ccc1-n1ncc(C#N)c1Cc1cnn(CC)c1Br.C=[C](OCC)[Sn]([CH2]CCC)([CH2]CCC)[CH2]CCC.CCn1ncc(Cc2c(C#N)cnn2-c2ccc(F)cc2I)c1Br. The van der Waals surface area contributed by atoms with Crippen molar-refractivity contribution in [3.05, 3.63) is 142 Å². The summed E-state index contributed by atoms with van der Waals surface area (Å²) in [6.45, 7) is 25.8. The summed E-state index contributed by atoms with van der Waals surface area (Å²) in [5.74, 6) is -0.359. The van der Waals surface area contributed by atoms with Crippen LogP contribution in [-0.2, 0) is 35.4 Å². The molecule has 0 unspecified atom stereocenters. The number of hydrogen-bond acceptors (Lipinski definition) is 8. The molecule has 374 valence electrons. The van der Waals surface area contributed by atoms with Crippen molar-refractivity contribution in [2.75, 3.05) is 13.2 Å². The van der Waals surface area contributed by atoms with Crippen molar-refractivity contribution in [3.63, 3.8) is 0 Å². The van der Waals surface area contributed by atoms with Crippen molar-refractivity contribution in [2.45, 2.75) is 126 Å². The number of nitriles is 2. The number of ether oxygens (including phenoxy) is 2. The summed E-state index contributed by atoms with van der Waals surface area (Å²) >= 11 is 6.92. The normalized spacial score (nSPS) is 10.9. The number of aryl methyl sites for hydroxylation is 2. The monoisotopic (exact) mass is 1300 g/mol. The topological polar surface area (TPSA) is 137 Å². The van der Waals surface area contributed by atoms with Gasteiger partial charge in [-0.2, -0.15) is 30.9 Å². The molecule has 0 atom stereocenters. The number of benzene rings is 2. The van der Waals surface area contributed by atoms with Crippen molar-refractivity contribution in [3.8, 4) is 23.5 Å². The van der Waals surface area contributed by atoms with Crippen molar-refractivity contribution < 1.29 is 18.3 Å². The van der Waals surface area contributed by atoms with Crippen molar-refractivity contribution in [2.24, 2.45) is 0 Å². The van der Waals surface area contributed by atoms with Crippen LogP contribution in [-0.4, -0.2) is 70.7 Å². The summed E-state index contributed by atoms with van der Waals surface area (Å²) in [4.78, 5) is 0. The Morgan fingerprint density at radius 1 is 0.657 bits per heavy atom. The Morgan fingerprint density at radius 3 is 1.50 bits per heavy atom. The molecule has 0 aliphatic carbocycles. The second kappa shape index (κ2) is 29.3. The van der Waals surface area contributed by atoms with Gasteiger partial charge in [0.1, 0.15) is 38.7 Å². The minimum absolute atomic E-state index is 0.302. The molecule has 0 aliphatic heterocycles. The van der Waals surface area contributed by atoms with Gasteiger partial charge in [-0.15, -0.1) is 0 Å². The van der Waals surface area contributed by atoms with E-state index in [1.807, 2.05) is 30.1 Å². The van der Waals surface area contributed by atoms with E-state index in [1.165, 1.54) is 92.3 Å². The first-order valence-corrected chi connectivity index (χ1v) is 34.1. The largest absolute Gasteiger partial charge is 0.258 e. The average molecular weight is 1310 g/mol. The van der Waals surface area contributed by atoms with E-state index in [2.05, 4.69) is 128 Å². The fourth-order valence-corrected chi connectivity index (χ4v) is 24.5. The first-order chi connectivity index (χ1) is 33.7. The molecule has 4 aromatic heterocycles. The van der Waals surface area contributed by atoms with E-state index in [1.54, 1.807) is 33.9 Å². The fourth-order valence-electron chi connectivity index (χ4n) is 8.03. The van der Waals surface area contributed by atoms with Gasteiger partial charge in [0.05, 0.1) is 65.3 Å². The molecule has 0 saturated heterocycles. The van der Waals surface area contributed by atoms with Crippen LogP contribution in [0.3, 0.4) is 0 Å². The summed E-state index contributed by atoms with van der Waals surface area (Å²) in [5.41, 5.74) is 6.07. The molecule has 0 bridgehead atoms. The Morgan fingerprint density at radius 2 is 1.10 bits per heavy atom. The third-order valence-corrected chi connectivity index (χ3v) is 29.6. The quantitative estimate of drug-likeness (QED) is 0.0351. The molecule has 0 N–H and O–H groups in total. The molecule has 2 aromatic carbocycles. The predicted molar refractivity (Wildman–Crippen MR) is 292 cm³/mol. The Kier molecular flexibility index (Phi) is 24.4. The minimum atomic E-state index is -2.24. The molecule has 0 radical (unpaired) electrons. The molecule has 0 amide bonds. The molecule has 0 fully saturated rings. The summed E-state index contributed by atoms with van der Waals surface area (Å²) in [5, 5.41) is 36.3. The van der Waals surface area contributed by atoms with Crippen LogP contribution in [0.25, 0.3) is 17.1 Å². The Labute approximate surface area is 447 Å². The fraction of sp³-hybridized carbons (Fsp3) is 0.423. The number of halogens is 5. The van der Waals surface area contributed by atoms with Gasteiger partial charge >= 0.3 is 120 Å². The molecule has 70 heavy (non-hydrogen) atoms. The third-order valence-electron chi connectivity index (χ3n) is 11.9. The van der Waals surface area contributed by atoms with Crippen LogP contribution in [0.15, 0.2) is 87.3 Å². The Hall–Kier alpha value is -4.31. The summed E-state index contributed by atoms with van der Waals surface area (Å²) in [6.07, 6.45) is 15.6. The molecule has 18 heteroatoms. The molecular weight excluding hydrogens is 1240 g/mol. The van der Waals surface area contributed by atoms with Gasteiger partial charge in [0.25, 0.3) is 0 Å². The number of rotatable bonds is 23. The second-order valence-corrected chi connectivity index (χ2v) is 32.4. The maximum absolute atomic E-state index is 13.9. The van der Waals surface area contributed by atoms with Gasteiger partial charge in [0.2, 0.25) is 0 Å². The molecule has 0 aliphatic rings. The number of hydrogen-bond donors (Lipinski definition) is 0. The Bertz CT molecular complexity index is 2730. The first kappa shape index (κ1) is 58.3. The molecule has 0 spiro atoms. The smallest absolute Gasteiger partial charge is 0.124 e. The van der Waals surface area contributed by atoms with Gasteiger partial charge in [-0.25, -0.2) is 18.1 Å². The molecule has 6 aromatic rings. The molecule has 0 saturated carbocycles. The molecule has 4 heterocycles. The van der Waals surface area contributed by atoms with Crippen molar-refractivity contribution >= 4 is 78.6 Å². The van der Waals surface area contributed by atoms with Crippen LogP contribution >= 0.6 is 54.5 Å². The molecule has 12 nitrogen and oxygen atoms in total. The van der Waals surface area contributed by atoms with E-state index in [-0.39, 0.29) is 5.82 Å². The van der Waals surface area contributed by atoms with Crippen LogP contribution in [0.5, 0.6) is 0 Å². The van der Waals surface area contributed by atoms with Crippen molar-refractivity contribution in [1.29, 1.82) is 10.5 Å². The van der Waals surface area contributed by atoms with E-state index in [0.717, 1.165) is 55.0 Å². The average Bonchev–Trinajstić information content (AvgIpc) is 4.14. The third kappa shape index (κ3) is 15.1. The standard InChI is InChI=1S/C20H19BrFN5O.C16H12BrFIN5.C4H7O.3C4H9.Sn/c1-4-26-20(21)14(11-24-26)8-19-15(10-23)12-25-27(19)18-7-6-16(22)9-17(18)13(3)28-5-2;1-2-23-16(17)10(8-21-23)5-15-11(7-20)9-22-24(15)14-4-3-12(18)6-13(14)19;1-3-5-4-2;3*1-3-4-2;/h6-7,9,11-12H,3-5,8H2,1-2H3;3-4,6,8-9H,2,5H2,1H3;1,4H2,2H3;3*1,3-4H2,2H3;. The van der Waals surface area contributed by atoms with Crippen LogP contribution in [0.2, 0.25) is 13.3 Å². The van der Waals surface area contributed by atoms with Gasteiger partial charge in [0.15, 0.2) is 0 Å². The maximum Gasteiger partial charge on any atom is 0.124 e. The first-order valence-electron chi connectivity index (χ1n) is 23.9. The number of unbranched alkanes of at least 4 members (excludes halogenated alkanes) is 3. The van der Waals surface area contributed by atoms with Crippen LogP contribution in [0.1, 0.15) is 126 Å². The van der Waals surface area contributed by atoms with Crippen LogP contribution in [0, 0.1) is 37.9 Å². The zero-order chi connectivity index (χ0) is 51.4. The minimum Gasteiger partial charge on any atom is -0.258 e. The van der Waals surface area contributed by atoms with Gasteiger partial charge in [-0.1, -0.05) is 6.58 Å². The van der Waals surface area contributed by atoms with E-state index in [4.69, 9.17) is 9.47 Å². The van der Waals surface area contributed by atoms with Crippen LogP contribution < -0.4 is 0 Å². The maximum atomic E-state index is 13.9.